The number of alkyl halides is 3. The van der Waals surface area contributed by atoms with Crippen LogP contribution in [0.15, 0.2) is 12.3 Å². The van der Waals surface area contributed by atoms with Crippen LogP contribution >= 0.6 is 11.6 Å². The van der Waals surface area contributed by atoms with Gasteiger partial charge in [-0.3, -0.25) is 19.3 Å². The summed E-state index contributed by atoms with van der Waals surface area (Å²) in [6.45, 7) is 1.54. The van der Waals surface area contributed by atoms with Gasteiger partial charge in [0.25, 0.3) is 0 Å². The standard InChI is InChI=1S/C21H24ClF3N4O3/c22-16-11-13(21(23,24)25)12-26-18(16)28-9-7-27(8-10-28)17(30)5-6-29-19(31)14-3-1-2-4-15(14)20(29)32/h11-12,14-15H,1-10H2/t14-,15-/m1/s1. The summed E-state index contributed by atoms with van der Waals surface area (Å²) in [4.78, 5) is 46.2. The number of carbonyl (C=O) groups is 3. The topological polar surface area (TPSA) is 73.8 Å². The molecule has 3 heterocycles. The van der Waals surface area contributed by atoms with Crippen molar-refractivity contribution in [3.8, 4) is 0 Å². The molecule has 11 heteroatoms. The molecule has 174 valence electrons. The lowest BCUT2D eigenvalue weighted by atomic mass is 9.81. The maximum absolute atomic E-state index is 12.8. The molecule has 2 saturated heterocycles. The van der Waals surface area contributed by atoms with Crippen molar-refractivity contribution in [1.29, 1.82) is 0 Å². The Morgan fingerprint density at radius 3 is 2.19 bits per heavy atom. The highest BCUT2D eigenvalue weighted by Gasteiger charge is 2.48. The van der Waals surface area contributed by atoms with Crippen LogP contribution in [0.2, 0.25) is 5.02 Å². The minimum atomic E-state index is -4.52. The van der Waals surface area contributed by atoms with Crippen LogP contribution in [0.4, 0.5) is 19.0 Å². The van der Waals surface area contributed by atoms with Crippen LogP contribution in [0.3, 0.4) is 0 Å². The van der Waals surface area contributed by atoms with Crippen LogP contribution in [0.5, 0.6) is 0 Å². The number of imide groups is 1. The van der Waals surface area contributed by atoms with Gasteiger partial charge in [-0.1, -0.05) is 24.4 Å². The Morgan fingerprint density at radius 1 is 1.06 bits per heavy atom. The quantitative estimate of drug-likeness (QED) is 0.630. The maximum Gasteiger partial charge on any atom is 0.417 e. The molecule has 2 aliphatic heterocycles. The second-order valence-electron chi connectivity index (χ2n) is 8.47. The lowest BCUT2D eigenvalue weighted by molar-refractivity contribution is -0.141. The van der Waals surface area contributed by atoms with Crippen LogP contribution in [-0.2, 0) is 20.6 Å². The van der Waals surface area contributed by atoms with Gasteiger partial charge < -0.3 is 9.80 Å². The van der Waals surface area contributed by atoms with Crippen LogP contribution in [0.1, 0.15) is 37.7 Å². The fourth-order valence-electron chi connectivity index (χ4n) is 4.80. The van der Waals surface area contributed by atoms with Crippen molar-refractivity contribution in [1.82, 2.24) is 14.8 Å². The van der Waals surface area contributed by atoms with Gasteiger partial charge >= 0.3 is 6.18 Å². The molecule has 0 unspecified atom stereocenters. The summed E-state index contributed by atoms with van der Waals surface area (Å²) >= 11 is 6.02. The first kappa shape index (κ1) is 22.8. The van der Waals surface area contributed by atoms with Crippen molar-refractivity contribution in [2.24, 2.45) is 11.8 Å². The zero-order valence-electron chi connectivity index (χ0n) is 17.4. The minimum Gasteiger partial charge on any atom is -0.352 e. The van der Waals surface area contributed by atoms with Crippen molar-refractivity contribution in [3.63, 3.8) is 0 Å². The highest BCUT2D eigenvalue weighted by atomic mass is 35.5. The number of anilines is 1. The van der Waals surface area contributed by atoms with E-state index in [9.17, 15) is 27.6 Å². The molecule has 3 amide bonds. The third-order valence-corrected chi connectivity index (χ3v) is 6.84. The molecule has 0 N–H and O–H groups in total. The number of nitrogens with zero attached hydrogens (tertiary/aromatic N) is 4. The molecule has 4 rings (SSSR count). The molecule has 1 aliphatic carbocycles. The number of hydrogen-bond acceptors (Lipinski definition) is 5. The van der Waals surface area contributed by atoms with Crippen molar-refractivity contribution >= 4 is 35.1 Å². The van der Waals surface area contributed by atoms with Gasteiger partial charge in [0.1, 0.15) is 5.82 Å². The number of likely N-dealkylation sites (tertiary alicyclic amines) is 1. The largest absolute Gasteiger partial charge is 0.417 e. The summed E-state index contributed by atoms with van der Waals surface area (Å²) in [7, 11) is 0. The number of amides is 3. The number of fused-ring (bicyclic) bond motifs is 1. The summed E-state index contributed by atoms with van der Waals surface area (Å²) in [6.07, 6.45) is -0.318. The predicted molar refractivity (Wildman–Crippen MR) is 110 cm³/mol. The van der Waals surface area contributed by atoms with E-state index in [1.807, 2.05) is 0 Å². The third-order valence-electron chi connectivity index (χ3n) is 6.56. The Kier molecular flexibility index (Phi) is 6.33. The van der Waals surface area contributed by atoms with Gasteiger partial charge in [0, 0.05) is 45.3 Å². The maximum atomic E-state index is 12.8. The molecule has 0 bridgehead atoms. The number of hydrogen-bond donors (Lipinski definition) is 0. The summed E-state index contributed by atoms with van der Waals surface area (Å²) in [6, 6.07) is 0.850. The van der Waals surface area contributed by atoms with Crippen molar-refractivity contribution in [2.45, 2.75) is 38.3 Å². The molecule has 7 nitrogen and oxygen atoms in total. The minimum absolute atomic E-state index is 0.0657. The van der Waals surface area contributed by atoms with E-state index in [2.05, 4.69) is 4.98 Å². The zero-order chi connectivity index (χ0) is 23.0. The Bertz CT molecular complexity index is 894. The van der Waals surface area contributed by atoms with Crippen molar-refractivity contribution in [2.75, 3.05) is 37.6 Å². The normalized spacial score (nSPS) is 24.2. The van der Waals surface area contributed by atoms with Gasteiger partial charge in [0.2, 0.25) is 17.7 Å². The monoisotopic (exact) mass is 472 g/mol. The van der Waals surface area contributed by atoms with Gasteiger partial charge in [0.05, 0.1) is 22.4 Å². The van der Waals surface area contributed by atoms with E-state index < -0.39 is 11.7 Å². The molecule has 3 fully saturated rings. The molecule has 0 spiro atoms. The van der Waals surface area contributed by atoms with E-state index in [-0.39, 0.29) is 53.4 Å². The summed E-state index contributed by atoms with van der Waals surface area (Å²) in [5.74, 6) is -0.665. The fourth-order valence-corrected chi connectivity index (χ4v) is 5.09. The number of halogens is 4. The Labute approximate surface area is 188 Å². The highest BCUT2D eigenvalue weighted by Crippen LogP contribution is 2.38. The van der Waals surface area contributed by atoms with Crippen LogP contribution in [0, 0.1) is 11.8 Å². The predicted octanol–water partition coefficient (Wildman–Crippen LogP) is 2.97. The molecule has 0 aromatic carbocycles. The molecule has 0 radical (unpaired) electrons. The van der Waals surface area contributed by atoms with E-state index in [4.69, 9.17) is 11.6 Å². The van der Waals surface area contributed by atoms with E-state index in [1.54, 1.807) is 9.80 Å². The average Bonchev–Trinajstić information content (AvgIpc) is 3.01. The molecule has 1 aromatic rings. The second kappa shape index (κ2) is 8.88. The molecule has 32 heavy (non-hydrogen) atoms. The van der Waals surface area contributed by atoms with E-state index in [1.165, 1.54) is 4.90 Å². The molecule has 1 saturated carbocycles. The van der Waals surface area contributed by atoms with Crippen LogP contribution in [0.25, 0.3) is 0 Å². The SMILES string of the molecule is O=C(CCN1C(=O)[C@@H]2CCCC[C@H]2C1=O)N1CCN(c2ncc(C(F)(F)F)cc2Cl)CC1. The smallest absolute Gasteiger partial charge is 0.352 e. The molecule has 1 aromatic heterocycles. The second-order valence-corrected chi connectivity index (χ2v) is 8.88. The number of carbonyl (C=O) groups excluding carboxylic acids is 3. The lowest BCUT2D eigenvalue weighted by Gasteiger charge is -2.36. The Balaban J connectivity index is 1.30. The number of rotatable bonds is 4. The van der Waals surface area contributed by atoms with Crippen LogP contribution < -0.4 is 4.90 Å². The van der Waals surface area contributed by atoms with Crippen molar-refractivity contribution < 1.29 is 27.6 Å². The van der Waals surface area contributed by atoms with Gasteiger partial charge in [-0.15, -0.1) is 0 Å². The summed E-state index contributed by atoms with van der Waals surface area (Å²) in [5.41, 5.74) is -0.911. The van der Waals surface area contributed by atoms with Gasteiger partial charge in [-0.05, 0) is 18.9 Å². The molecule has 2 atom stereocenters. The number of aromatic nitrogens is 1. The fraction of sp³-hybridized carbons (Fsp3) is 0.619. The average molecular weight is 473 g/mol. The molecular formula is C21H24ClF3N4O3. The Morgan fingerprint density at radius 2 is 1.66 bits per heavy atom. The Hall–Kier alpha value is -2.36. The first-order valence-electron chi connectivity index (χ1n) is 10.8. The molecule has 3 aliphatic rings. The van der Waals surface area contributed by atoms with E-state index >= 15 is 0 Å². The number of pyridine rings is 1. The highest BCUT2D eigenvalue weighted by molar-refractivity contribution is 6.33. The lowest BCUT2D eigenvalue weighted by Crippen LogP contribution is -2.49. The number of piperazine rings is 1. The zero-order valence-corrected chi connectivity index (χ0v) is 18.2. The van der Waals surface area contributed by atoms with Gasteiger partial charge in [-0.2, -0.15) is 13.2 Å². The summed E-state index contributed by atoms with van der Waals surface area (Å²) < 4.78 is 38.4. The van der Waals surface area contributed by atoms with Crippen LogP contribution in [-0.4, -0.2) is 65.2 Å². The summed E-state index contributed by atoms with van der Waals surface area (Å²) in [5, 5.41) is -0.0906. The van der Waals surface area contributed by atoms with E-state index in [0.29, 0.717) is 26.2 Å². The van der Waals surface area contributed by atoms with E-state index in [0.717, 1.165) is 37.9 Å². The third kappa shape index (κ3) is 4.42. The first-order valence-corrected chi connectivity index (χ1v) is 11.2. The van der Waals surface area contributed by atoms with Gasteiger partial charge in [0.15, 0.2) is 0 Å². The molecular weight excluding hydrogens is 449 g/mol. The first-order chi connectivity index (χ1) is 15.2. The van der Waals surface area contributed by atoms with Crippen molar-refractivity contribution in [3.05, 3.63) is 22.8 Å². The van der Waals surface area contributed by atoms with Gasteiger partial charge in [-0.25, -0.2) is 4.98 Å².